The van der Waals surface area contributed by atoms with Crippen LogP contribution in [0, 0.1) is 11.3 Å². The zero-order valence-electron chi connectivity index (χ0n) is 11.0. The third-order valence-electron chi connectivity index (χ3n) is 3.77. The van der Waals surface area contributed by atoms with E-state index in [1.54, 1.807) is 37.6 Å². The van der Waals surface area contributed by atoms with Crippen LogP contribution in [-0.2, 0) is 10.8 Å². The fraction of sp³-hybridized carbons (Fsp3) is 0.429. The van der Waals surface area contributed by atoms with E-state index in [0.29, 0.717) is 10.5 Å². The van der Waals surface area contributed by atoms with Gasteiger partial charge in [-0.25, -0.2) is 0 Å². The summed E-state index contributed by atoms with van der Waals surface area (Å²) in [6.45, 7) is 0. The second-order valence-corrected chi connectivity index (χ2v) is 6.22. The molecule has 0 radical (unpaired) electrons. The predicted molar refractivity (Wildman–Crippen MR) is 73.1 cm³/mol. The Labute approximate surface area is 115 Å². The van der Waals surface area contributed by atoms with Gasteiger partial charge in [-0.1, -0.05) is 0 Å². The molecule has 1 atom stereocenters. The Bertz CT molecular complexity index is 556. The summed E-state index contributed by atoms with van der Waals surface area (Å²) in [6, 6.07) is 8.97. The van der Waals surface area contributed by atoms with Gasteiger partial charge in [0.15, 0.2) is 0 Å². The lowest BCUT2D eigenvalue weighted by molar-refractivity contribution is 0.0497. The Balaban J connectivity index is 2.20. The van der Waals surface area contributed by atoms with Gasteiger partial charge >= 0.3 is 0 Å². The van der Waals surface area contributed by atoms with Crippen molar-refractivity contribution in [3.63, 3.8) is 0 Å². The van der Waals surface area contributed by atoms with E-state index >= 15 is 0 Å². The van der Waals surface area contributed by atoms with Gasteiger partial charge in [0.2, 0.25) is 0 Å². The van der Waals surface area contributed by atoms with Crippen LogP contribution in [0.1, 0.15) is 29.6 Å². The summed E-state index contributed by atoms with van der Waals surface area (Å²) in [7, 11) is 0.630. The zero-order valence-corrected chi connectivity index (χ0v) is 11.9. The molecule has 0 aliphatic heterocycles. The van der Waals surface area contributed by atoms with Gasteiger partial charge in [-0.2, -0.15) is 5.26 Å². The molecule has 0 spiro atoms. The van der Waals surface area contributed by atoms with Crippen molar-refractivity contribution in [2.24, 2.45) is 0 Å². The molecule has 1 fully saturated rings. The lowest BCUT2D eigenvalue weighted by atomic mass is 9.76. The Hall–Kier alpha value is -1.67. The zero-order chi connectivity index (χ0) is 14.0. The molecular formula is C14H16N2O2S. The summed E-state index contributed by atoms with van der Waals surface area (Å²) in [5.74, 6) is -0.158. The van der Waals surface area contributed by atoms with Crippen molar-refractivity contribution in [1.29, 1.82) is 5.26 Å². The van der Waals surface area contributed by atoms with Crippen LogP contribution in [0.4, 0.5) is 0 Å². The van der Waals surface area contributed by atoms with Gasteiger partial charge in [-0.3, -0.25) is 9.00 Å². The van der Waals surface area contributed by atoms with E-state index < -0.39 is 16.3 Å². The first kappa shape index (κ1) is 13.8. The highest BCUT2D eigenvalue weighted by Gasteiger charge is 2.43. The van der Waals surface area contributed by atoms with Crippen molar-refractivity contribution < 1.29 is 9.00 Å². The van der Waals surface area contributed by atoms with E-state index in [4.69, 9.17) is 0 Å². The highest BCUT2D eigenvalue weighted by atomic mass is 32.2. The molecule has 1 aromatic carbocycles. The van der Waals surface area contributed by atoms with Gasteiger partial charge < -0.3 is 4.90 Å². The molecule has 2 rings (SSSR count). The second kappa shape index (κ2) is 5.14. The average molecular weight is 276 g/mol. The first-order valence-electron chi connectivity index (χ1n) is 6.13. The van der Waals surface area contributed by atoms with E-state index in [9.17, 15) is 14.3 Å². The van der Waals surface area contributed by atoms with E-state index in [-0.39, 0.29) is 5.91 Å². The number of carbonyl (C=O) groups is 1. The fourth-order valence-corrected chi connectivity index (χ4v) is 2.73. The van der Waals surface area contributed by atoms with Gasteiger partial charge in [0.25, 0.3) is 5.91 Å². The van der Waals surface area contributed by atoms with Gasteiger partial charge in [-0.15, -0.1) is 0 Å². The Morgan fingerprint density at radius 2 is 1.95 bits per heavy atom. The van der Waals surface area contributed by atoms with Crippen molar-refractivity contribution >= 4 is 16.7 Å². The maximum atomic E-state index is 12.3. The van der Waals surface area contributed by atoms with Crippen molar-refractivity contribution in [3.05, 3.63) is 29.8 Å². The lowest BCUT2D eigenvalue weighted by Gasteiger charge is -2.42. The van der Waals surface area contributed by atoms with E-state index in [0.717, 1.165) is 19.3 Å². The third-order valence-corrected chi connectivity index (χ3v) is 4.70. The van der Waals surface area contributed by atoms with Gasteiger partial charge in [0.1, 0.15) is 5.54 Å². The molecule has 19 heavy (non-hydrogen) atoms. The Kier molecular flexibility index (Phi) is 3.72. The first-order chi connectivity index (χ1) is 9.00. The molecule has 4 nitrogen and oxygen atoms in total. The molecule has 1 amide bonds. The smallest absolute Gasteiger partial charge is 0.254 e. The van der Waals surface area contributed by atoms with Crippen LogP contribution in [-0.4, -0.2) is 33.9 Å². The van der Waals surface area contributed by atoms with Crippen molar-refractivity contribution in [3.8, 4) is 6.07 Å². The lowest BCUT2D eigenvalue weighted by Crippen LogP contribution is -2.53. The molecule has 1 unspecified atom stereocenters. The van der Waals surface area contributed by atoms with Crippen LogP contribution in [0.15, 0.2) is 29.2 Å². The number of hydrogen-bond donors (Lipinski definition) is 0. The van der Waals surface area contributed by atoms with E-state index in [2.05, 4.69) is 6.07 Å². The molecule has 1 aliphatic carbocycles. The monoisotopic (exact) mass is 276 g/mol. The number of carbonyl (C=O) groups excluding carboxylic acids is 1. The Morgan fingerprint density at radius 3 is 2.32 bits per heavy atom. The predicted octanol–water partition coefficient (Wildman–Crippen LogP) is 1.94. The minimum atomic E-state index is -1.05. The van der Waals surface area contributed by atoms with Crippen LogP contribution in [0.2, 0.25) is 0 Å². The molecule has 0 saturated heterocycles. The highest BCUT2D eigenvalue weighted by molar-refractivity contribution is 7.84. The van der Waals surface area contributed by atoms with Crippen molar-refractivity contribution in [1.82, 2.24) is 4.90 Å². The largest absolute Gasteiger partial charge is 0.323 e. The summed E-state index contributed by atoms with van der Waals surface area (Å²) in [5, 5.41) is 9.24. The van der Waals surface area contributed by atoms with E-state index in [1.165, 1.54) is 4.90 Å². The van der Waals surface area contributed by atoms with Crippen LogP contribution in [0.3, 0.4) is 0 Å². The standard InChI is InChI=1S/C14H16N2O2S/c1-16(14(10-15)8-3-9-14)13(17)11-4-6-12(7-5-11)19(2)18/h4-7H,3,8-9H2,1-2H3. The number of nitriles is 1. The maximum absolute atomic E-state index is 12.3. The highest BCUT2D eigenvalue weighted by Crippen LogP contribution is 2.36. The SMILES string of the molecule is CN(C(=O)c1ccc(S(C)=O)cc1)C1(C#N)CCC1. The molecule has 1 saturated carbocycles. The molecule has 100 valence electrons. The minimum Gasteiger partial charge on any atom is -0.323 e. The number of benzene rings is 1. The maximum Gasteiger partial charge on any atom is 0.254 e. The topological polar surface area (TPSA) is 61.2 Å². The fourth-order valence-electron chi connectivity index (χ4n) is 2.21. The van der Waals surface area contributed by atoms with Crippen molar-refractivity contribution in [2.75, 3.05) is 13.3 Å². The summed E-state index contributed by atoms with van der Waals surface area (Å²) in [6.07, 6.45) is 4.06. The molecule has 1 aromatic rings. The summed E-state index contributed by atoms with van der Waals surface area (Å²) in [5.41, 5.74) is -0.109. The number of nitrogens with zero attached hydrogens (tertiary/aromatic N) is 2. The van der Waals surface area contributed by atoms with Crippen LogP contribution >= 0.6 is 0 Å². The summed E-state index contributed by atoms with van der Waals surface area (Å²) in [4.78, 5) is 14.6. The van der Waals surface area contributed by atoms with Crippen LogP contribution in [0.25, 0.3) is 0 Å². The summed E-state index contributed by atoms with van der Waals surface area (Å²) >= 11 is 0. The van der Waals surface area contributed by atoms with Gasteiger partial charge in [-0.05, 0) is 43.5 Å². The quantitative estimate of drug-likeness (QED) is 0.847. The number of hydrogen-bond acceptors (Lipinski definition) is 3. The molecule has 0 bridgehead atoms. The molecule has 0 N–H and O–H groups in total. The Morgan fingerprint density at radius 1 is 1.37 bits per heavy atom. The normalized spacial score (nSPS) is 17.9. The van der Waals surface area contributed by atoms with Crippen LogP contribution < -0.4 is 0 Å². The third kappa shape index (κ3) is 2.41. The molecule has 0 aromatic heterocycles. The first-order valence-corrected chi connectivity index (χ1v) is 7.69. The molecular weight excluding hydrogens is 260 g/mol. The minimum absolute atomic E-state index is 0.158. The molecule has 5 heteroatoms. The number of amides is 1. The molecule has 1 aliphatic rings. The van der Waals surface area contributed by atoms with Crippen LogP contribution in [0.5, 0.6) is 0 Å². The average Bonchev–Trinajstić information content (AvgIpc) is 2.37. The second-order valence-electron chi connectivity index (χ2n) is 4.84. The van der Waals surface area contributed by atoms with E-state index in [1.807, 2.05) is 0 Å². The van der Waals surface area contributed by atoms with Crippen molar-refractivity contribution in [2.45, 2.75) is 29.7 Å². The number of rotatable bonds is 3. The van der Waals surface area contributed by atoms with Gasteiger partial charge in [0.05, 0.1) is 6.07 Å². The molecule has 0 heterocycles. The summed E-state index contributed by atoms with van der Waals surface area (Å²) < 4.78 is 11.3. The van der Waals surface area contributed by atoms with Gasteiger partial charge in [0, 0.05) is 34.6 Å².